The van der Waals surface area contributed by atoms with E-state index >= 15 is 0 Å². The van der Waals surface area contributed by atoms with E-state index in [1.165, 1.54) is 0 Å². The number of hydrazine groups is 1. The van der Waals surface area contributed by atoms with Crippen molar-refractivity contribution in [2.24, 2.45) is 0 Å². The van der Waals surface area contributed by atoms with Crippen molar-refractivity contribution in [1.82, 2.24) is 16.2 Å². The Hall–Kier alpha value is -2.28. The van der Waals surface area contributed by atoms with Crippen molar-refractivity contribution in [1.29, 1.82) is 0 Å². The lowest BCUT2D eigenvalue weighted by Gasteiger charge is -2.32. The van der Waals surface area contributed by atoms with Gasteiger partial charge < -0.3 is 15.4 Å². The third-order valence-electron chi connectivity index (χ3n) is 3.83. The fraction of sp³-hybridized carbons (Fsp3) is 0.278. The van der Waals surface area contributed by atoms with Crippen molar-refractivity contribution in [3.05, 3.63) is 59.1 Å². The van der Waals surface area contributed by atoms with Gasteiger partial charge in [0.25, 0.3) is 0 Å². The lowest BCUT2D eigenvalue weighted by Crippen LogP contribution is -2.68. The van der Waals surface area contributed by atoms with Crippen LogP contribution in [0.1, 0.15) is 12.5 Å². The van der Waals surface area contributed by atoms with Gasteiger partial charge in [-0.3, -0.25) is 4.79 Å². The average molecular weight is 361 g/mol. The Morgan fingerprint density at radius 3 is 2.44 bits per heavy atom. The van der Waals surface area contributed by atoms with Crippen LogP contribution in [0, 0.1) is 0 Å². The first-order valence-electron chi connectivity index (χ1n) is 8.19. The van der Waals surface area contributed by atoms with E-state index in [4.69, 9.17) is 16.3 Å². The van der Waals surface area contributed by atoms with Gasteiger partial charge in [-0.1, -0.05) is 23.7 Å². The van der Waals surface area contributed by atoms with Crippen molar-refractivity contribution in [3.8, 4) is 5.75 Å². The van der Waals surface area contributed by atoms with Crippen molar-refractivity contribution in [2.45, 2.75) is 25.7 Å². The fourth-order valence-corrected chi connectivity index (χ4v) is 2.71. The van der Waals surface area contributed by atoms with Crippen LogP contribution in [0.15, 0.2) is 48.5 Å². The molecule has 0 saturated carbocycles. The number of carbonyl (C=O) groups excluding carboxylic acids is 1. The largest absolute Gasteiger partial charge is 0.494 e. The maximum Gasteiger partial charge on any atom is 0.241 e. The molecule has 1 fully saturated rings. The second-order valence-corrected chi connectivity index (χ2v) is 6.15. The van der Waals surface area contributed by atoms with Crippen LogP contribution in [-0.2, 0) is 11.2 Å². The van der Waals surface area contributed by atoms with Gasteiger partial charge in [0.05, 0.1) is 6.61 Å². The molecule has 7 heteroatoms. The summed E-state index contributed by atoms with van der Waals surface area (Å²) in [7, 11) is 0. The minimum absolute atomic E-state index is 0.0703. The minimum atomic E-state index is -0.398. The SMILES string of the molecule is CCOc1ccc(CC2NNC(Nc3ccc(Cl)cc3)NC2=O)cc1. The Morgan fingerprint density at radius 1 is 1.08 bits per heavy atom. The van der Waals surface area contributed by atoms with E-state index in [1.54, 1.807) is 12.1 Å². The molecule has 1 saturated heterocycles. The molecule has 1 aliphatic rings. The van der Waals surface area contributed by atoms with E-state index in [-0.39, 0.29) is 11.9 Å². The first kappa shape index (κ1) is 17.5. The van der Waals surface area contributed by atoms with E-state index in [1.807, 2.05) is 43.3 Å². The molecule has 1 heterocycles. The number of halogens is 1. The van der Waals surface area contributed by atoms with Crippen LogP contribution in [0.3, 0.4) is 0 Å². The van der Waals surface area contributed by atoms with Gasteiger partial charge in [0.1, 0.15) is 11.8 Å². The Bertz CT molecular complexity index is 706. The van der Waals surface area contributed by atoms with Crippen LogP contribution in [0.4, 0.5) is 5.69 Å². The molecule has 0 radical (unpaired) electrons. The lowest BCUT2D eigenvalue weighted by atomic mass is 10.1. The van der Waals surface area contributed by atoms with Gasteiger partial charge >= 0.3 is 0 Å². The molecule has 0 aromatic heterocycles. The van der Waals surface area contributed by atoms with Crippen molar-refractivity contribution in [3.63, 3.8) is 0 Å². The predicted molar refractivity (Wildman–Crippen MR) is 98.4 cm³/mol. The Kier molecular flexibility index (Phi) is 5.75. The maximum absolute atomic E-state index is 12.3. The highest BCUT2D eigenvalue weighted by atomic mass is 35.5. The molecule has 2 unspecified atom stereocenters. The fourth-order valence-electron chi connectivity index (χ4n) is 2.58. The van der Waals surface area contributed by atoms with Gasteiger partial charge in [-0.2, -0.15) is 0 Å². The summed E-state index contributed by atoms with van der Waals surface area (Å²) in [6.07, 6.45) is 0.184. The van der Waals surface area contributed by atoms with Crippen LogP contribution >= 0.6 is 11.6 Å². The molecule has 1 amide bonds. The molecule has 132 valence electrons. The molecular formula is C18H21ClN4O2. The quantitative estimate of drug-likeness (QED) is 0.636. The number of carbonyl (C=O) groups is 1. The molecule has 2 aromatic rings. The first-order chi connectivity index (χ1) is 12.1. The van der Waals surface area contributed by atoms with Crippen molar-refractivity contribution < 1.29 is 9.53 Å². The van der Waals surface area contributed by atoms with Gasteiger partial charge in [-0.05, 0) is 55.3 Å². The summed E-state index contributed by atoms with van der Waals surface area (Å²) < 4.78 is 5.43. The zero-order chi connectivity index (χ0) is 17.6. The summed E-state index contributed by atoms with van der Waals surface area (Å²) in [5.41, 5.74) is 8.03. The second-order valence-electron chi connectivity index (χ2n) is 5.72. The lowest BCUT2D eigenvalue weighted by molar-refractivity contribution is -0.126. The zero-order valence-corrected chi connectivity index (χ0v) is 14.6. The van der Waals surface area contributed by atoms with Gasteiger partial charge in [-0.15, -0.1) is 0 Å². The summed E-state index contributed by atoms with van der Waals surface area (Å²) in [5, 5.41) is 6.73. The smallest absolute Gasteiger partial charge is 0.241 e. The summed E-state index contributed by atoms with van der Waals surface area (Å²) in [4.78, 5) is 12.3. The Balaban J connectivity index is 1.53. The van der Waals surface area contributed by atoms with E-state index in [2.05, 4.69) is 21.5 Å². The highest BCUT2D eigenvalue weighted by Crippen LogP contribution is 2.15. The number of ether oxygens (including phenoxy) is 1. The standard InChI is InChI=1S/C18H21ClN4O2/c1-2-25-15-9-3-12(4-10-15)11-16-17(24)21-18(23-22-16)20-14-7-5-13(19)6-8-14/h3-10,16,18,20,22-23H,2,11H2,1H3,(H,21,24). The second kappa shape index (κ2) is 8.20. The van der Waals surface area contributed by atoms with Crippen LogP contribution in [0.2, 0.25) is 5.02 Å². The number of rotatable bonds is 6. The highest BCUT2D eigenvalue weighted by molar-refractivity contribution is 6.30. The number of hydrogen-bond donors (Lipinski definition) is 4. The van der Waals surface area contributed by atoms with E-state index < -0.39 is 6.29 Å². The van der Waals surface area contributed by atoms with Gasteiger partial charge in [0.2, 0.25) is 5.91 Å². The molecule has 1 aliphatic heterocycles. The molecule has 2 atom stereocenters. The minimum Gasteiger partial charge on any atom is -0.494 e. The monoisotopic (exact) mass is 360 g/mol. The van der Waals surface area contributed by atoms with Crippen LogP contribution < -0.4 is 26.2 Å². The molecule has 2 aromatic carbocycles. The van der Waals surface area contributed by atoms with Gasteiger partial charge in [-0.25, -0.2) is 10.9 Å². The summed E-state index contributed by atoms with van der Waals surface area (Å²) in [6.45, 7) is 2.59. The van der Waals surface area contributed by atoms with Crippen LogP contribution in [-0.4, -0.2) is 24.8 Å². The number of hydrogen-bond acceptors (Lipinski definition) is 5. The van der Waals surface area contributed by atoms with E-state index in [0.717, 1.165) is 17.0 Å². The first-order valence-corrected chi connectivity index (χ1v) is 8.57. The zero-order valence-electron chi connectivity index (χ0n) is 13.9. The number of nitrogens with one attached hydrogen (secondary N) is 4. The highest BCUT2D eigenvalue weighted by Gasteiger charge is 2.27. The molecule has 0 spiro atoms. The molecule has 0 bridgehead atoms. The van der Waals surface area contributed by atoms with Crippen LogP contribution in [0.5, 0.6) is 5.75 Å². The molecule has 6 nitrogen and oxygen atoms in total. The third kappa shape index (κ3) is 4.85. The number of benzene rings is 2. The summed E-state index contributed by atoms with van der Waals surface area (Å²) >= 11 is 5.87. The molecular weight excluding hydrogens is 340 g/mol. The van der Waals surface area contributed by atoms with Gasteiger partial charge in [0.15, 0.2) is 6.29 Å². The van der Waals surface area contributed by atoms with E-state index in [0.29, 0.717) is 18.1 Å². The number of anilines is 1. The molecule has 3 rings (SSSR count). The summed E-state index contributed by atoms with van der Waals surface area (Å²) in [6, 6.07) is 14.7. The summed E-state index contributed by atoms with van der Waals surface area (Å²) in [5.74, 6) is 0.761. The number of amides is 1. The third-order valence-corrected chi connectivity index (χ3v) is 4.09. The van der Waals surface area contributed by atoms with Crippen molar-refractivity contribution >= 4 is 23.2 Å². The average Bonchev–Trinajstić information content (AvgIpc) is 2.61. The maximum atomic E-state index is 12.3. The predicted octanol–water partition coefficient (Wildman–Crippen LogP) is 2.27. The van der Waals surface area contributed by atoms with Crippen LogP contribution in [0.25, 0.3) is 0 Å². The van der Waals surface area contributed by atoms with Crippen molar-refractivity contribution in [2.75, 3.05) is 11.9 Å². The molecule has 0 aliphatic carbocycles. The van der Waals surface area contributed by atoms with Gasteiger partial charge in [0, 0.05) is 10.7 Å². The molecule has 4 N–H and O–H groups in total. The Morgan fingerprint density at radius 2 is 1.80 bits per heavy atom. The Labute approximate surface area is 151 Å². The topological polar surface area (TPSA) is 74.4 Å². The normalized spacial score (nSPS) is 20.0. The van der Waals surface area contributed by atoms with E-state index in [9.17, 15) is 4.79 Å². The molecule has 25 heavy (non-hydrogen) atoms.